The van der Waals surface area contributed by atoms with E-state index in [1.807, 2.05) is 4.90 Å². The number of amides is 3. The normalized spacial score (nSPS) is 23.6. The zero-order valence-corrected chi connectivity index (χ0v) is 18.5. The first-order chi connectivity index (χ1) is 14.0. The lowest BCUT2D eigenvalue weighted by atomic mass is 9.94. The summed E-state index contributed by atoms with van der Waals surface area (Å²) in [5.41, 5.74) is 0.572. The van der Waals surface area contributed by atoms with E-state index < -0.39 is 34.9 Å². The third-order valence-electron chi connectivity index (χ3n) is 5.07. The molecule has 10 heteroatoms. The molecule has 1 aromatic rings. The van der Waals surface area contributed by atoms with Gasteiger partial charge in [-0.2, -0.15) is 0 Å². The van der Waals surface area contributed by atoms with Crippen LogP contribution in [-0.4, -0.2) is 63.1 Å². The monoisotopic (exact) mass is 453 g/mol. The van der Waals surface area contributed by atoms with Crippen molar-refractivity contribution in [2.45, 2.75) is 44.9 Å². The average molecular weight is 454 g/mol. The standard InChI is InChI=1S/C20H24ClN3O5S/c1-20(2,3)24(19(28)29)13-10-23(8-7-14(13)25)16-11(5-4-6-12(16)21)9-15-17(26)22-18(27)30-15/h4-6,9,13-14,25H,7-8,10H2,1-3H3,(H,28,29)(H,22,26,27). The van der Waals surface area contributed by atoms with Crippen LogP contribution in [-0.2, 0) is 4.79 Å². The lowest BCUT2D eigenvalue weighted by Gasteiger charge is -2.47. The summed E-state index contributed by atoms with van der Waals surface area (Å²) in [5, 5.41) is 22.6. The van der Waals surface area contributed by atoms with Crippen LogP contribution in [0.15, 0.2) is 23.1 Å². The third kappa shape index (κ3) is 4.58. The van der Waals surface area contributed by atoms with Crippen molar-refractivity contribution in [2.24, 2.45) is 0 Å². The molecule has 2 aliphatic rings. The zero-order chi connectivity index (χ0) is 22.2. The fourth-order valence-corrected chi connectivity index (χ4v) is 4.82. The van der Waals surface area contributed by atoms with Gasteiger partial charge in [0.15, 0.2) is 0 Å². The molecular formula is C20H24ClN3O5S. The average Bonchev–Trinajstić information content (AvgIpc) is 2.93. The lowest BCUT2D eigenvalue weighted by Crippen LogP contribution is -2.62. The van der Waals surface area contributed by atoms with E-state index in [0.29, 0.717) is 29.2 Å². The number of imide groups is 1. The molecular weight excluding hydrogens is 430 g/mol. The maximum atomic E-state index is 12.0. The molecule has 2 heterocycles. The molecule has 2 unspecified atom stereocenters. The first kappa shape index (κ1) is 22.5. The Balaban J connectivity index is 1.98. The number of nitrogens with zero attached hydrogens (tertiary/aromatic N) is 2. The Labute approximate surface area is 183 Å². The van der Waals surface area contributed by atoms with E-state index in [1.54, 1.807) is 45.0 Å². The number of carboxylic acid groups (broad SMARTS) is 1. The van der Waals surface area contributed by atoms with E-state index in [9.17, 15) is 24.6 Å². The fourth-order valence-electron chi connectivity index (χ4n) is 3.85. The molecule has 2 fully saturated rings. The Morgan fingerprint density at radius 2 is 2.07 bits per heavy atom. The minimum Gasteiger partial charge on any atom is -0.465 e. The van der Waals surface area contributed by atoms with Crippen molar-refractivity contribution in [1.82, 2.24) is 10.2 Å². The molecule has 3 amide bonds. The SMILES string of the molecule is CC(C)(C)N(C(=O)O)C1CN(c2c(Cl)cccc2C=C2SC(=O)NC2=O)CCC1O. The number of para-hydroxylation sites is 1. The molecule has 2 aliphatic heterocycles. The predicted molar refractivity (Wildman–Crippen MR) is 117 cm³/mol. The summed E-state index contributed by atoms with van der Waals surface area (Å²) in [5.74, 6) is -0.465. The Kier molecular flexibility index (Phi) is 6.35. The summed E-state index contributed by atoms with van der Waals surface area (Å²) in [7, 11) is 0. The molecule has 30 heavy (non-hydrogen) atoms. The summed E-state index contributed by atoms with van der Waals surface area (Å²) in [6.07, 6.45) is 0.0479. The molecule has 2 saturated heterocycles. The van der Waals surface area contributed by atoms with Crippen LogP contribution in [0.4, 0.5) is 15.3 Å². The number of carbonyl (C=O) groups is 3. The molecule has 2 atom stereocenters. The number of anilines is 1. The van der Waals surface area contributed by atoms with Crippen molar-refractivity contribution in [3.63, 3.8) is 0 Å². The maximum Gasteiger partial charge on any atom is 0.408 e. The van der Waals surface area contributed by atoms with Gasteiger partial charge in [-0.05, 0) is 51.1 Å². The molecule has 0 spiro atoms. The third-order valence-corrected chi connectivity index (χ3v) is 6.19. The number of halogens is 1. The highest BCUT2D eigenvalue weighted by molar-refractivity contribution is 8.18. The number of rotatable bonds is 3. The van der Waals surface area contributed by atoms with Crippen LogP contribution in [0, 0.1) is 0 Å². The van der Waals surface area contributed by atoms with Crippen molar-refractivity contribution in [3.8, 4) is 0 Å². The second kappa shape index (κ2) is 8.49. The summed E-state index contributed by atoms with van der Waals surface area (Å²) in [6.45, 7) is 6.05. The van der Waals surface area contributed by atoms with Crippen LogP contribution in [0.25, 0.3) is 6.08 Å². The van der Waals surface area contributed by atoms with Crippen LogP contribution in [0.2, 0.25) is 5.02 Å². The summed E-state index contributed by atoms with van der Waals surface area (Å²) in [6, 6.07) is 4.58. The van der Waals surface area contributed by atoms with Crippen LogP contribution < -0.4 is 10.2 Å². The lowest BCUT2D eigenvalue weighted by molar-refractivity contribution is -0.115. The number of nitrogens with one attached hydrogen (secondary N) is 1. The minimum absolute atomic E-state index is 0.239. The Hall–Kier alpha value is -2.23. The highest BCUT2D eigenvalue weighted by atomic mass is 35.5. The van der Waals surface area contributed by atoms with Gasteiger partial charge in [-0.15, -0.1) is 0 Å². The van der Waals surface area contributed by atoms with Gasteiger partial charge in [0.1, 0.15) is 0 Å². The van der Waals surface area contributed by atoms with Crippen LogP contribution in [0.1, 0.15) is 32.8 Å². The number of piperidine rings is 1. The summed E-state index contributed by atoms with van der Waals surface area (Å²) in [4.78, 5) is 38.9. The van der Waals surface area contributed by atoms with Crippen LogP contribution in [0.3, 0.4) is 0 Å². The van der Waals surface area contributed by atoms with E-state index in [1.165, 1.54) is 4.90 Å². The van der Waals surface area contributed by atoms with E-state index in [4.69, 9.17) is 11.6 Å². The molecule has 3 N–H and O–H groups in total. The molecule has 0 saturated carbocycles. The number of aliphatic hydroxyl groups excluding tert-OH is 1. The number of thioether (sulfide) groups is 1. The molecule has 8 nitrogen and oxygen atoms in total. The first-order valence-electron chi connectivity index (χ1n) is 9.47. The van der Waals surface area contributed by atoms with Gasteiger partial charge in [0.25, 0.3) is 11.1 Å². The molecule has 0 aromatic heterocycles. The fraction of sp³-hybridized carbons (Fsp3) is 0.450. The predicted octanol–water partition coefficient (Wildman–Crippen LogP) is 3.38. The number of carbonyl (C=O) groups excluding carboxylic acids is 2. The van der Waals surface area contributed by atoms with Gasteiger partial charge in [-0.1, -0.05) is 23.7 Å². The van der Waals surface area contributed by atoms with Gasteiger partial charge in [0, 0.05) is 24.2 Å². The largest absolute Gasteiger partial charge is 0.465 e. The number of hydrogen-bond acceptors (Lipinski definition) is 6. The van der Waals surface area contributed by atoms with Gasteiger partial charge in [-0.25, -0.2) is 4.79 Å². The second-order valence-electron chi connectivity index (χ2n) is 8.22. The second-order valence-corrected chi connectivity index (χ2v) is 9.64. The summed E-state index contributed by atoms with van der Waals surface area (Å²) >= 11 is 7.31. The molecule has 0 radical (unpaired) electrons. The smallest absolute Gasteiger partial charge is 0.408 e. The quantitative estimate of drug-likeness (QED) is 0.601. The Morgan fingerprint density at radius 3 is 2.63 bits per heavy atom. The highest BCUT2D eigenvalue weighted by Crippen LogP contribution is 2.37. The van der Waals surface area contributed by atoms with Gasteiger partial charge >= 0.3 is 6.09 Å². The van der Waals surface area contributed by atoms with Gasteiger partial charge in [-0.3, -0.25) is 19.8 Å². The van der Waals surface area contributed by atoms with E-state index in [2.05, 4.69) is 5.32 Å². The van der Waals surface area contributed by atoms with E-state index >= 15 is 0 Å². The topological polar surface area (TPSA) is 110 Å². The van der Waals surface area contributed by atoms with Crippen molar-refractivity contribution >= 4 is 52.4 Å². The summed E-state index contributed by atoms with van der Waals surface area (Å²) < 4.78 is 0. The van der Waals surface area contributed by atoms with Gasteiger partial charge in [0.05, 0.1) is 27.8 Å². The number of hydrogen-bond donors (Lipinski definition) is 3. The van der Waals surface area contributed by atoms with Crippen LogP contribution >= 0.6 is 23.4 Å². The molecule has 3 rings (SSSR count). The van der Waals surface area contributed by atoms with Crippen molar-refractivity contribution in [2.75, 3.05) is 18.0 Å². The maximum absolute atomic E-state index is 12.0. The molecule has 162 valence electrons. The Bertz CT molecular complexity index is 914. The molecule has 1 aromatic carbocycles. The Morgan fingerprint density at radius 1 is 1.37 bits per heavy atom. The minimum atomic E-state index is -1.10. The van der Waals surface area contributed by atoms with E-state index in [-0.39, 0.29) is 11.4 Å². The first-order valence-corrected chi connectivity index (χ1v) is 10.7. The molecule has 0 bridgehead atoms. The molecule has 0 aliphatic carbocycles. The zero-order valence-electron chi connectivity index (χ0n) is 16.9. The van der Waals surface area contributed by atoms with Crippen LogP contribution in [0.5, 0.6) is 0 Å². The number of aliphatic hydroxyl groups is 1. The number of benzene rings is 1. The van der Waals surface area contributed by atoms with Gasteiger partial charge in [0.2, 0.25) is 0 Å². The van der Waals surface area contributed by atoms with Crippen molar-refractivity contribution < 1.29 is 24.6 Å². The highest BCUT2D eigenvalue weighted by Gasteiger charge is 2.41. The van der Waals surface area contributed by atoms with Crippen molar-refractivity contribution in [1.29, 1.82) is 0 Å². The van der Waals surface area contributed by atoms with E-state index in [0.717, 1.165) is 11.8 Å². The van der Waals surface area contributed by atoms with Gasteiger partial charge < -0.3 is 15.1 Å². The van der Waals surface area contributed by atoms with Crippen molar-refractivity contribution in [3.05, 3.63) is 33.7 Å².